The molecule has 2 aromatic heterocycles. The molecule has 2 heterocycles. The number of thiophene rings is 1. The predicted octanol–water partition coefficient (Wildman–Crippen LogP) is 5.43. The molecule has 3 aromatic rings. The van der Waals surface area contributed by atoms with Crippen LogP contribution in [0.4, 0.5) is 5.69 Å². The van der Waals surface area contributed by atoms with Gasteiger partial charge in [-0.25, -0.2) is 0 Å². The predicted molar refractivity (Wildman–Crippen MR) is 115 cm³/mol. The van der Waals surface area contributed by atoms with Gasteiger partial charge in [-0.15, -0.1) is 21.5 Å². The average molecular weight is 449 g/mol. The molecule has 0 saturated carbocycles. The zero-order valence-corrected chi connectivity index (χ0v) is 18.3. The lowest BCUT2D eigenvalue weighted by molar-refractivity contribution is 0.873. The first-order valence-corrected chi connectivity index (χ1v) is 11.3. The van der Waals surface area contributed by atoms with Crippen LogP contribution < -0.4 is 4.90 Å². The highest BCUT2D eigenvalue weighted by Gasteiger charge is 2.25. The summed E-state index contributed by atoms with van der Waals surface area (Å²) >= 11 is 7.35. The summed E-state index contributed by atoms with van der Waals surface area (Å²) in [5.74, 6) is 0.998. The van der Waals surface area contributed by atoms with E-state index in [1.165, 1.54) is 38.7 Å². The van der Waals surface area contributed by atoms with Crippen molar-refractivity contribution in [3.05, 3.63) is 40.1 Å². The van der Waals surface area contributed by atoms with E-state index >= 15 is 0 Å². The van der Waals surface area contributed by atoms with E-state index in [0.717, 1.165) is 28.2 Å². The summed E-state index contributed by atoms with van der Waals surface area (Å²) in [7, 11) is 4.14. The summed E-state index contributed by atoms with van der Waals surface area (Å²) in [6, 6.07) is 6.68. The topological polar surface area (TPSA) is 34.0 Å². The molecular formula is C19H21BrN4S2. The first-order chi connectivity index (χ1) is 12.6. The molecule has 4 nitrogen and oxygen atoms in total. The lowest BCUT2D eigenvalue weighted by Gasteiger charge is -2.15. The van der Waals surface area contributed by atoms with E-state index in [2.05, 4.69) is 74.8 Å². The van der Waals surface area contributed by atoms with Gasteiger partial charge in [-0.1, -0.05) is 24.8 Å². The fourth-order valence-corrected chi connectivity index (χ4v) is 6.28. The van der Waals surface area contributed by atoms with E-state index in [-0.39, 0.29) is 0 Å². The molecule has 4 rings (SSSR count). The second kappa shape index (κ2) is 7.37. The Labute approximate surface area is 170 Å². The van der Waals surface area contributed by atoms with E-state index < -0.39 is 0 Å². The van der Waals surface area contributed by atoms with Crippen LogP contribution >= 0.6 is 39.0 Å². The van der Waals surface area contributed by atoms with E-state index in [4.69, 9.17) is 0 Å². The molecule has 0 spiro atoms. The number of hydrogen-bond donors (Lipinski definition) is 0. The van der Waals surface area contributed by atoms with Gasteiger partial charge in [0.2, 0.25) is 0 Å². The first kappa shape index (κ1) is 18.1. The number of anilines is 1. The fourth-order valence-electron chi connectivity index (χ4n) is 3.48. The largest absolute Gasteiger partial charge is 0.377 e. The van der Waals surface area contributed by atoms with Crippen molar-refractivity contribution in [1.82, 2.24) is 14.8 Å². The second-order valence-corrected chi connectivity index (χ2v) is 9.61. The third-order valence-electron chi connectivity index (χ3n) is 4.65. The van der Waals surface area contributed by atoms with Crippen molar-refractivity contribution in [2.24, 2.45) is 0 Å². The molecule has 0 radical (unpaired) electrons. The Morgan fingerprint density at radius 3 is 2.81 bits per heavy atom. The summed E-state index contributed by atoms with van der Waals surface area (Å²) in [5.41, 5.74) is 5.48. The average Bonchev–Trinajstić information content (AvgIpc) is 3.30. The summed E-state index contributed by atoms with van der Waals surface area (Å²) in [6.45, 7) is 2.15. The van der Waals surface area contributed by atoms with Gasteiger partial charge >= 0.3 is 0 Å². The molecule has 0 unspecified atom stereocenters. The van der Waals surface area contributed by atoms with Crippen LogP contribution in [0.5, 0.6) is 0 Å². The third kappa shape index (κ3) is 3.10. The van der Waals surface area contributed by atoms with Crippen molar-refractivity contribution >= 4 is 44.7 Å². The molecule has 1 aliphatic carbocycles. The Bertz CT molecular complexity index is 945. The summed E-state index contributed by atoms with van der Waals surface area (Å²) < 4.78 is 3.31. The van der Waals surface area contributed by atoms with Crippen LogP contribution in [0.15, 0.2) is 34.2 Å². The number of halogens is 1. The van der Waals surface area contributed by atoms with Gasteiger partial charge in [-0.2, -0.15) is 0 Å². The number of fused-ring (bicyclic) bond motifs is 1. The minimum Gasteiger partial charge on any atom is -0.377 e. The lowest BCUT2D eigenvalue weighted by atomic mass is 10.1. The van der Waals surface area contributed by atoms with Crippen LogP contribution in [0.1, 0.15) is 24.5 Å². The van der Waals surface area contributed by atoms with Crippen LogP contribution in [0.3, 0.4) is 0 Å². The minimum atomic E-state index is 0.985. The Hall–Kier alpha value is -1.31. The monoisotopic (exact) mass is 448 g/mol. The molecule has 0 amide bonds. The molecule has 0 saturated heterocycles. The lowest BCUT2D eigenvalue weighted by Crippen LogP contribution is -2.09. The maximum Gasteiger partial charge on any atom is 0.196 e. The number of rotatable bonds is 5. The molecular weight excluding hydrogens is 428 g/mol. The van der Waals surface area contributed by atoms with Crippen LogP contribution in [-0.4, -0.2) is 34.6 Å². The summed E-state index contributed by atoms with van der Waals surface area (Å²) in [6.07, 6.45) is 5.39. The van der Waals surface area contributed by atoms with Gasteiger partial charge in [0, 0.05) is 23.4 Å². The second-order valence-electron chi connectivity index (χ2n) is 6.52. The van der Waals surface area contributed by atoms with Crippen molar-refractivity contribution < 1.29 is 0 Å². The molecule has 7 heteroatoms. The van der Waals surface area contributed by atoms with E-state index in [0.29, 0.717) is 0 Å². The molecule has 1 aliphatic rings. The standard InChI is InChI=1S/C19H21BrN4S2/c1-4-25-19-22-21-11-24(19)18-14-7-5-6-13(14)17(26-18)12-8-9-16(23(2)3)15(20)10-12/h8-11H,4-7H2,1-3H3. The van der Waals surface area contributed by atoms with Crippen LogP contribution in [0.2, 0.25) is 0 Å². The molecule has 1 aromatic carbocycles. The fraction of sp³-hybridized carbons (Fsp3) is 0.368. The molecule has 0 N–H and O–H groups in total. The van der Waals surface area contributed by atoms with Crippen LogP contribution in [0.25, 0.3) is 15.4 Å². The molecule has 26 heavy (non-hydrogen) atoms. The minimum absolute atomic E-state index is 0.985. The highest BCUT2D eigenvalue weighted by Crippen LogP contribution is 2.45. The van der Waals surface area contributed by atoms with Gasteiger partial charge in [0.05, 0.1) is 5.69 Å². The zero-order valence-electron chi connectivity index (χ0n) is 15.1. The normalized spacial score (nSPS) is 13.2. The van der Waals surface area contributed by atoms with Gasteiger partial charge in [0.1, 0.15) is 11.3 Å². The van der Waals surface area contributed by atoms with E-state index in [1.54, 1.807) is 11.8 Å². The highest BCUT2D eigenvalue weighted by atomic mass is 79.9. The Balaban J connectivity index is 1.82. The molecule has 0 bridgehead atoms. The van der Waals surface area contributed by atoms with Crippen LogP contribution in [0, 0.1) is 0 Å². The Kier molecular flexibility index (Phi) is 5.12. The zero-order chi connectivity index (χ0) is 18.3. The first-order valence-electron chi connectivity index (χ1n) is 8.75. The molecule has 0 fully saturated rings. The summed E-state index contributed by atoms with van der Waals surface area (Å²) in [5, 5.41) is 10.7. The maximum atomic E-state index is 4.30. The van der Waals surface area contributed by atoms with E-state index in [9.17, 15) is 0 Å². The molecule has 0 atom stereocenters. The van der Waals surface area contributed by atoms with Crippen molar-refractivity contribution in [3.8, 4) is 15.4 Å². The Morgan fingerprint density at radius 2 is 2.08 bits per heavy atom. The third-order valence-corrected chi connectivity index (χ3v) is 7.43. The SMILES string of the molecule is CCSc1nncn1-c1sc(-c2ccc(N(C)C)c(Br)c2)c2c1CCC2. The number of aromatic nitrogens is 3. The smallest absolute Gasteiger partial charge is 0.196 e. The van der Waals surface area contributed by atoms with Gasteiger partial charge < -0.3 is 4.90 Å². The van der Waals surface area contributed by atoms with Crippen LogP contribution in [-0.2, 0) is 12.8 Å². The van der Waals surface area contributed by atoms with Crippen molar-refractivity contribution in [2.75, 3.05) is 24.7 Å². The van der Waals surface area contributed by atoms with E-state index in [1.807, 2.05) is 17.7 Å². The van der Waals surface area contributed by atoms with Crippen molar-refractivity contribution in [2.45, 2.75) is 31.3 Å². The van der Waals surface area contributed by atoms with Crippen molar-refractivity contribution in [1.29, 1.82) is 0 Å². The number of hydrogen-bond acceptors (Lipinski definition) is 5. The number of benzene rings is 1. The van der Waals surface area contributed by atoms with Gasteiger partial charge in [0.15, 0.2) is 5.16 Å². The quantitative estimate of drug-likeness (QED) is 0.487. The Morgan fingerprint density at radius 1 is 1.27 bits per heavy atom. The van der Waals surface area contributed by atoms with Gasteiger partial charge in [-0.05, 0) is 69.8 Å². The highest BCUT2D eigenvalue weighted by molar-refractivity contribution is 9.10. The van der Waals surface area contributed by atoms with Gasteiger partial charge in [-0.3, -0.25) is 4.57 Å². The maximum absolute atomic E-state index is 4.30. The number of thioether (sulfide) groups is 1. The van der Waals surface area contributed by atoms with Crippen molar-refractivity contribution in [3.63, 3.8) is 0 Å². The molecule has 0 aliphatic heterocycles. The molecule has 136 valence electrons. The summed E-state index contributed by atoms with van der Waals surface area (Å²) in [4.78, 5) is 3.52. The number of nitrogens with zero attached hydrogens (tertiary/aromatic N) is 4. The van der Waals surface area contributed by atoms with Gasteiger partial charge in [0.25, 0.3) is 0 Å².